The SMILES string of the molecule is CC[C@H](C(=O)NC1CCCCC1)N(Cc1cccc(OC)c1)C(=O)CN(c1ccc(C)c(Cl)c1)S(=O)(=O)c1ccccc1. The van der Waals surface area contributed by atoms with Gasteiger partial charge in [0.1, 0.15) is 18.3 Å². The molecule has 4 rings (SSSR count). The Labute approximate surface area is 260 Å². The van der Waals surface area contributed by atoms with Crippen LogP contribution >= 0.6 is 11.6 Å². The Kier molecular flexibility index (Phi) is 11.1. The van der Waals surface area contributed by atoms with Crippen molar-refractivity contribution in [2.75, 3.05) is 18.0 Å². The average molecular weight is 626 g/mol. The smallest absolute Gasteiger partial charge is 0.264 e. The van der Waals surface area contributed by atoms with Gasteiger partial charge in [-0.25, -0.2) is 8.42 Å². The standard InChI is InChI=1S/C33H40ClN3O5S/c1-4-31(33(39)35-26-13-7-5-8-14-26)36(22-25-12-11-15-28(20-25)42-3)32(38)23-37(27-19-18-24(2)30(34)21-27)43(40,41)29-16-9-6-10-17-29/h6,9-12,15-21,26,31H,4-5,7-8,13-14,22-23H2,1-3H3,(H,35,39)/t31-/m1/s1. The molecule has 0 unspecified atom stereocenters. The molecule has 1 N–H and O–H groups in total. The number of hydrogen-bond acceptors (Lipinski definition) is 5. The van der Waals surface area contributed by atoms with E-state index in [4.69, 9.17) is 16.3 Å². The number of amides is 2. The predicted molar refractivity (Wildman–Crippen MR) is 170 cm³/mol. The Hall–Kier alpha value is -3.56. The number of carbonyl (C=O) groups is 2. The van der Waals surface area contributed by atoms with Crippen LogP contribution in [0.25, 0.3) is 0 Å². The summed E-state index contributed by atoms with van der Waals surface area (Å²) in [5, 5.41) is 3.54. The van der Waals surface area contributed by atoms with Gasteiger partial charge in [-0.15, -0.1) is 0 Å². The molecule has 1 fully saturated rings. The van der Waals surface area contributed by atoms with Crippen molar-refractivity contribution in [1.29, 1.82) is 0 Å². The van der Waals surface area contributed by atoms with Gasteiger partial charge >= 0.3 is 0 Å². The number of rotatable bonds is 12. The Morgan fingerprint density at radius 3 is 2.37 bits per heavy atom. The molecule has 3 aromatic carbocycles. The summed E-state index contributed by atoms with van der Waals surface area (Å²) in [5.74, 6) is -0.127. The second-order valence-electron chi connectivity index (χ2n) is 10.9. The fraction of sp³-hybridized carbons (Fsp3) is 0.394. The maximum Gasteiger partial charge on any atom is 0.264 e. The first-order valence-corrected chi connectivity index (χ1v) is 16.5. The minimum absolute atomic E-state index is 0.0425. The number of sulfonamides is 1. The van der Waals surface area contributed by atoms with Crippen LogP contribution in [0.15, 0.2) is 77.7 Å². The molecule has 43 heavy (non-hydrogen) atoms. The average Bonchev–Trinajstić information content (AvgIpc) is 3.02. The number of ether oxygens (including phenoxy) is 1. The van der Waals surface area contributed by atoms with Crippen molar-refractivity contribution in [2.24, 2.45) is 0 Å². The summed E-state index contributed by atoms with van der Waals surface area (Å²) in [6.07, 6.45) is 5.43. The lowest BCUT2D eigenvalue weighted by Crippen LogP contribution is -2.54. The highest BCUT2D eigenvalue weighted by molar-refractivity contribution is 7.92. The minimum atomic E-state index is -4.16. The van der Waals surface area contributed by atoms with E-state index >= 15 is 0 Å². The van der Waals surface area contributed by atoms with Crippen molar-refractivity contribution in [1.82, 2.24) is 10.2 Å². The summed E-state index contributed by atoms with van der Waals surface area (Å²) in [5.41, 5.74) is 1.79. The molecule has 8 nitrogen and oxygen atoms in total. The Morgan fingerprint density at radius 1 is 1.00 bits per heavy atom. The molecule has 3 aromatic rings. The van der Waals surface area contributed by atoms with E-state index in [-0.39, 0.29) is 29.1 Å². The van der Waals surface area contributed by atoms with Gasteiger partial charge in [-0.1, -0.05) is 74.2 Å². The summed E-state index contributed by atoms with van der Waals surface area (Å²) in [4.78, 5) is 29.5. The Morgan fingerprint density at radius 2 is 1.72 bits per heavy atom. The van der Waals surface area contributed by atoms with Gasteiger partial charge in [0.05, 0.1) is 17.7 Å². The Balaban J connectivity index is 1.72. The van der Waals surface area contributed by atoms with Gasteiger partial charge < -0.3 is 15.0 Å². The molecule has 0 saturated heterocycles. The lowest BCUT2D eigenvalue weighted by atomic mass is 9.95. The van der Waals surface area contributed by atoms with Crippen molar-refractivity contribution in [3.63, 3.8) is 0 Å². The topological polar surface area (TPSA) is 96.0 Å². The van der Waals surface area contributed by atoms with E-state index in [2.05, 4.69) is 5.32 Å². The first-order chi connectivity index (χ1) is 20.6. The summed E-state index contributed by atoms with van der Waals surface area (Å²) in [6.45, 7) is 3.25. The molecule has 0 aliphatic heterocycles. The molecule has 2 amide bonds. The molecule has 1 aliphatic carbocycles. The van der Waals surface area contributed by atoms with Gasteiger partial charge in [0.2, 0.25) is 11.8 Å². The van der Waals surface area contributed by atoms with Crippen LogP contribution in [0, 0.1) is 6.92 Å². The summed E-state index contributed by atoms with van der Waals surface area (Å²) >= 11 is 6.41. The van der Waals surface area contributed by atoms with Crippen LogP contribution in [0.4, 0.5) is 5.69 Å². The second kappa shape index (κ2) is 14.8. The lowest BCUT2D eigenvalue weighted by molar-refractivity contribution is -0.140. The number of nitrogens with one attached hydrogen (secondary N) is 1. The third-order valence-electron chi connectivity index (χ3n) is 7.88. The largest absolute Gasteiger partial charge is 0.497 e. The monoisotopic (exact) mass is 625 g/mol. The molecule has 10 heteroatoms. The molecular formula is C33H40ClN3O5S. The third-order valence-corrected chi connectivity index (χ3v) is 10.1. The van der Waals surface area contributed by atoms with E-state index < -0.39 is 28.5 Å². The van der Waals surface area contributed by atoms with Crippen molar-refractivity contribution in [3.8, 4) is 5.75 Å². The van der Waals surface area contributed by atoms with Crippen molar-refractivity contribution in [2.45, 2.75) is 75.9 Å². The lowest BCUT2D eigenvalue weighted by Gasteiger charge is -2.34. The summed E-state index contributed by atoms with van der Waals surface area (Å²) in [7, 11) is -2.60. The number of aryl methyl sites for hydroxylation is 1. The number of halogens is 1. The van der Waals surface area contributed by atoms with Crippen LogP contribution in [-0.2, 0) is 26.2 Å². The maximum absolute atomic E-state index is 14.3. The van der Waals surface area contributed by atoms with Crippen LogP contribution < -0.4 is 14.4 Å². The normalized spacial score (nSPS) is 14.5. The fourth-order valence-electron chi connectivity index (χ4n) is 5.42. The van der Waals surface area contributed by atoms with Crippen LogP contribution in [0.3, 0.4) is 0 Å². The highest BCUT2D eigenvalue weighted by atomic mass is 35.5. The zero-order valence-corrected chi connectivity index (χ0v) is 26.5. The highest BCUT2D eigenvalue weighted by Crippen LogP contribution is 2.29. The molecule has 0 radical (unpaired) electrons. The third kappa shape index (κ3) is 8.09. The van der Waals surface area contributed by atoms with Gasteiger partial charge in [0.15, 0.2) is 0 Å². The number of hydrogen-bond donors (Lipinski definition) is 1. The van der Waals surface area contributed by atoms with Crippen LogP contribution in [0.5, 0.6) is 5.75 Å². The number of benzene rings is 3. The van der Waals surface area contributed by atoms with Gasteiger partial charge in [-0.3, -0.25) is 13.9 Å². The van der Waals surface area contributed by atoms with E-state index in [1.54, 1.807) is 49.6 Å². The summed E-state index contributed by atoms with van der Waals surface area (Å²) < 4.78 is 34.4. The molecule has 0 bridgehead atoms. The second-order valence-corrected chi connectivity index (χ2v) is 13.2. The number of nitrogens with zero attached hydrogens (tertiary/aromatic N) is 2. The molecule has 1 saturated carbocycles. The number of anilines is 1. The molecule has 1 aliphatic rings. The quantitative estimate of drug-likeness (QED) is 0.262. The number of methoxy groups -OCH3 is 1. The van der Waals surface area contributed by atoms with Crippen LogP contribution in [-0.4, -0.2) is 50.9 Å². The van der Waals surface area contributed by atoms with Crippen molar-refractivity contribution >= 4 is 39.1 Å². The zero-order valence-electron chi connectivity index (χ0n) is 25.0. The van der Waals surface area contributed by atoms with Crippen LogP contribution in [0.1, 0.15) is 56.6 Å². The molecule has 0 heterocycles. The Bertz CT molecular complexity index is 1510. The highest BCUT2D eigenvalue weighted by Gasteiger charge is 2.34. The van der Waals surface area contributed by atoms with Gasteiger partial charge in [-0.2, -0.15) is 0 Å². The van der Waals surface area contributed by atoms with E-state index in [0.29, 0.717) is 17.2 Å². The van der Waals surface area contributed by atoms with Gasteiger partial charge in [0, 0.05) is 17.6 Å². The van der Waals surface area contributed by atoms with Crippen molar-refractivity contribution < 1.29 is 22.7 Å². The molecule has 0 spiro atoms. The predicted octanol–water partition coefficient (Wildman–Crippen LogP) is 6.11. The first kappa shape index (κ1) is 32.4. The molecule has 0 aromatic heterocycles. The van der Waals surface area contributed by atoms with Crippen molar-refractivity contribution in [3.05, 3.63) is 88.9 Å². The van der Waals surface area contributed by atoms with Crippen LogP contribution in [0.2, 0.25) is 5.02 Å². The zero-order chi connectivity index (χ0) is 31.0. The van der Waals surface area contributed by atoms with E-state index in [1.165, 1.54) is 17.0 Å². The molecule has 1 atom stereocenters. The minimum Gasteiger partial charge on any atom is -0.497 e. The van der Waals surface area contributed by atoms with Gasteiger partial charge in [0.25, 0.3) is 10.0 Å². The maximum atomic E-state index is 14.3. The van der Waals surface area contributed by atoms with E-state index in [1.807, 2.05) is 32.0 Å². The first-order valence-electron chi connectivity index (χ1n) is 14.7. The molecular weight excluding hydrogens is 586 g/mol. The summed E-state index contributed by atoms with van der Waals surface area (Å²) in [6, 6.07) is 19.4. The number of carbonyl (C=O) groups excluding carboxylic acids is 2. The molecule has 230 valence electrons. The van der Waals surface area contributed by atoms with E-state index in [0.717, 1.165) is 47.5 Å². The fourth-order valence-corrected chi connectivity index (χ4v) is 7.02. The van der Waals surface area contributed by atoms with E-state index in [9.17, 15) is 18.0 Å². The van der Waals surface area contributed by atoms with Gasteiger partial charge in [-0.05, 0) is 73.7 Å².